The molecule has 0 aromatic carbocycles. The molecule has 3 heteroatoms. The number of rotatable bonds is 10. The normalized spacial score (nSPS) is 10.7. The summed E-state index contributed by atoms with van der Waals surface area (Å²) in [6.45, 7) is 12.1. The molecule has 0 fully saturated rings. The van der Waals surface area contributed by atoms with Crippen LogP contribution in [0.3, 0.4) is 0 Å². The van der Waals surface area contributed by atoms with Crippen LogP contribution in [-0.2, 0) is 0 Å². The molecule has 0 bridgehead atoms. The topological polar surface area (TPSA) is 15.3 Å². The van der Waals surface area contributed by atoms with Crippen LogP contribution in [0.15, 0.2) is 0 Å². The van der Waals surface area contributed by atoms with Gasteiger partial charge in [-0.2, -0.15) is 0 Å². The van der Waals surface area contributed by atoms with Crippen LogP contribution >= 0.6 is 12.2 Å². The molecule has 0 aliphatic rings. The first kappa shape index (κ1) is 17.7. The van der Waals surface area contributed by atoms with Crippen molar-refractivity contribution in [1.82, 2.24) is 10.2 Å². The Morgan fingerprint density at radius 1 is 1.00 bits per heavy atom. The van der Waals surface area contributed by atoms with Crippen LogP contribution in [0.5, 0.6) is 0 Å². The summed E-state index contributed by atoms with van der Waals surface area (Å²) in [6, 6.07) is 0. The molecule has 0 saturated heterocycles. The first-order chi connectivity index (χ1) is 8.61. The second-order valence-electron chi connectivity index (χ2n) is 5.48. The molecule has 0 atom stereocenters. The first-order valence-electron chi connectivity index (χ1n) is 7.64. The average molecular weight is 273 g/mol. The third kappa shape index (κ3) is 9.69. The van der Waals surface area contributed by atoms with E-state index in [9.17, 15) is 0 Å². The van der Waals surface area contributed by atoms with E-state index in [4.69, 9.17) is 12.2 Å². The zero-order valence-corrected chi connectivity index (χ0v) is 13.6. The van der Waals surface area contributed by atoms with Gasteiger partial charge in [-0.05, 0) is 31.0 Å². The van der Waals surface area contributed by atoms with Gasteiger partial charge in [-0.25, -0.2) is 0 Å². The van der Waals surface area contributed by atoms with Gasteiger partial charge < -0.3 is 10.2 Å². The Morgan fingerprint density at radius 2 is 1.50 bits per heavy atom. The summed E-state index contributed by atoms with van der Waals surface area (Å²) in [6.07, 6.45) is 7.66. The van der Waals surface area contributed by atoms with Gasteiger partial charge in [0.25, 0.3) is 0 Å². The summed E-state index contributed by atoms with van der Waals surface area (Å²) < 4.78 is 0. The Bertz CT molecular complexity index is 195. The fraction of sp³-hybridized carbons (Fsp3) is 0.933. The lowest BCUT2D eigenvalue weighted by atomic mass is 10.2. The van der Waals surface area contributed by atoms with Crippen molar-refractivity contribution in [2.45, 2.75) is 66.2 Å². The Balaban J connectivity index is 4.03. The fourth-order valence-corrected chi connectivity index (χ4v) is 2.09. The Hall–Kier alpha value is -0.310. The van der Waals surface area contributed by atoms with Crippen molar-refractivity contribution in [3.05, 3.63) is 0 Å². The summed E-state index contributed by atoms with van der Waals surface area (Å²) >= 11 is 5.51. The highest BCUT2D eigenvalue weighted by Gasteiger charge is 2.08. The smallest absolute Gasteiger partial charge is 0.168 e. The number of unbranched alkanes of at least 4 members (excludes halogenated alkanes) is 4. The molecule has 2 nitrogen and oxygen atoms in total. The van der Waals surface area contributed by atoms with Crippen LogP contribution in [0.25, 0.3) is 0 Å². The third-order valence-corrected chi connectivity index (χ3v) is 3.41. The zero-order valence-electron chi connectivity index (χ0n) is 12.8. The number of hydrogen-bond acceptors (Lipinski definition) is 1. The van der Waals surface area contributed by atoms with Crippen LogP contribution in [0.4, 0.5) is 0 Å². The van der Waals surface area contributed by atoms with Gasteiger partial charge >= 0.3 is 0 Å². The molecule has 1 N–H and O–H groups in total. The molecule has 0 aliphatic heterocycles. The van der Waals surface area contributed by atoms with Gasteiger partial charge in [0.15, 0.2) is 5.11 Å². The van der Waals surface area contributed by atoms with Crippen molar-refractivity contribution < 1.29 is 0 Å². The number of nitrogens with zero attached hydrogens (tertiary/aromatic N) is 1. The fourth-order valence-electron chi connectivity index (χ4n) is 1.82. The lowest BCUT2D eigenvalue weighted by Gasteiger charge is -2.26. The SMILES string of the molecule is CCCCCN(CCCCC)C(=S)NCC(C)C. The van der Waals surface area contributed by atoms with Gasteiger partial charge in [0.05, 0.1) is 0 Å². The van der Waals surface area contributed by atoms with Crippen molar-refractivity contribution in [2.24, 2.45) is 5.92 Å². The lowest BCUT2D eigenvalue weighted by molar-refractivity contribution is 0.382. The summed E-state index contributed by atoms with van der Waals surface area (Å²) in [7, 11) is 0. The van der Waals surface area contributed by atoms with E-state index in [0.717, 1.165) is 24.7 Å². The molecule has 0 rings (SSSR count). The summed E-state index contributed by atoms with van der Waals surface area (Å²) in [4.78, 5) is 2.36. The minimum atomic E-state index is 0.649. The molecule has 0 amide bonds. The molecule has 0 saturated carbocycles. The lowest BCUT2D eigenvalue weighted by Crippen LogP contribution is -2.42. The van der Waals surface area contributed by atoms with Crippen molar-refractivity contribution in [3.8, 4) is 0 Å². The van der Waals surface area contributed by atoms with E-state index in [1.165, 1.54) is 38.5 Å². The van der Waals surface area contributed by atoms with E-state index in [1.54, 1.807) is 0 Å². The molecule has 0 aromatic rings. The predicted molar refractivity (Wildman–Crippen MR) is 86.1 cm³/mol. The minimum Gasteiger partial charge on any atom is -0.362 e. The molecule has 0 spiro atoms. The number of hydrogen-bond donors (Lipinski definition) is 1. The first-order valence-corrected chi connectivity index (χ1v) is 8.05. The Kier molecular flexibility index (Phi) is 11.6. The molecule has 0 unspecified atom stereocenters. The largest absolute Gasteiger partial charge is 0.362 e. The van der Waals surface area contributed by atoms with E-state index in [-0.39, 0.29) is 0 Å². The second kappa shape index (κ2) is 11.8. The van der Waals surface area contributed by atoms with E-state index >= 15 is 0 Å². The summed E-state index contributed by atoms with van der Waals surface area (Å²) in [5, 5.41) is 4.35. The molecule has 0 heterocycles. The number of nitrogens with one attached hydrogen (secondary N) is 1. The van der Waals surface area contributed by atoms with E-state index in [0.29, 0.717) is 5.92 Å². The van der Waals surface area contributed by atoms with Crippen molar-refractivity contribution in [3.63, 3.8) is 0 Å². The maximum absolute atomic E-state index is 5.51. The molecule has 0 radical (unpaired) electrons. The van der Waals surface area contributed by atoms with Crippen LogP contribution in [0.2, 0.25) is 0 Å². The van der Waals surface area contributed by atoms with Gasteiger partial charge in [-0.1, -0.05) is 53.4 Å². The molecular weight excluding hydrogens is 240 g/mol. The highest BCUT2D eigenvalue weighted by molar-refractivity contribution is 7.80. The van der Waals surface area contributed by atoms with Crippen LogP contribution in [0.1, 0.15) is 66.2 Å². The highest BCUT2D eigenvalue weighted by Crippen LogP contribution is 2.03. The van der Waals surface area contributed by atoms with Crippen molar-refractivity contribution in [1.29, 1.82) is 0 Å². The van der Waals surface area contributed by atoms with E-state index in [1.807, 2.05) is 0 Å². The summed E-state index contributed by atoms with van der Waals surface area (Å²) in [5.41, 5.74) is 0. The predicted octanol–water partition coefficient (Wildman–Crippen LogP) is 4.20. The second-order valence-corrected chi connectivity index (χ2v) is 5.87. The van der Waals surface area contributed by atoms with Gasteiger partial charge in [0, 0.05) is 19.6 Å². The monoisotopic (exact) mass is 272 g/mol. The molecule has 18 heavy (non-hydrogen) atoms. The van der Waals surface area contributed by atoms with Crippen LogP contribution in [0, 0.1) is 5.92 Å². The highest BCUT2D eigenvalue weighted by atomic mass is 32.1. The van der Waals surface area contributed by atoms with Crippen LogP contribution in [-0.4, -0.2) is 29.6 Å². The minimum absolute atomic E-state index is 0.649. The maximum Gasteiger partial charge on any atom is 0.168 e. The quantitative estimate of drug-likeness (QED) is 0.474. The standard InChI is InChI=1S/C15H32N2S/c1-5-7-9-11-17(12-10-8-6-2)15(18)16-13-14(3)4/h14H,5-13H2,1-4H3,(H,16,18). The van der Waals surface area contributed by atoms with Gasteiger partial charge in [-0.15, -0.1) is 0 Å². The summed E-state index contributed by atoms with van der Waals surface area (Å²) in [5.74, 6) is 0.649. The Morgan fingerprint density at radius 3 is 1.89 bits per heavy atom. The molecule has 108 valence electrons. The molecular formula is C15H32N2S. The Labute approximate surface area is 120 Å². The van der Waals surface area contributed by atoms with Gasteiger partial charge in [0.2, 0.25) is 0 Å². The molecule has 0 aliphatic carbocycles. The van der Waals surface area contributed by atoms with Gasteiger partial charge in [0.1, 0.15) is 0 Å². The molecule has 0 aromatic heterocycles. The third-order valence-electron chi connectivity index (χ3n) is 3.01. The maximum atomic E-state index is 5.51. The van der Waals surface area contributed by atoms with Gasteiger partial charge in [-0.3, -0.25) is 0 Å². The van der Waals surface area contributed by atoms with E-state index < -0.39 is 0 Å². The zero-order chi connectivity index (χ0) is 13.8. The van der Waals surface area contributed by atoms with Crippen molar-refractivity contribution >= 4 is 17.3 Å². The van der Waals surface area contributed by atoms with E-state index in [2.05, 4.69) is 37.9 Å². The number of thiocarbonyl (C=S) groups is 1. The van der Waals surface area contributed by atoms with Crippen LogP contribution < -0.4 is 5.32 Å². The van der Waals surface area contributed by atoms with Crippen molar-refractivity contribution in [2.75, 3.05) is 19.6 Å². The average Bonchev–Trinajstić information content (AvgIpc) is 2.34.